The van der Waals surface area contributed by atoms with Crippen LogP contribution in [0.4, 0.5) is 5.69 Å². The Kier molecular flexibility index (Phi) is 4.30. The van der Waals surface area contributed by atoms with Crippen molar-refractivity contribution in [2.45, 2.75) is 38.6 Å². The predicted molar refractivity (Wildman–Crippen MR) is 74.8 cm³/mol. The molecule has 1 aromatic carbocycles. The Morgan fingerprint density at radius 2 is 2.24 bits per heavy atom. The summed E-state index contributed by atoms with van der Waals surface area (Å²) in [6.45, 7) is 4.00. The molecule has 0 aliphatic carbocycles. The minimum atomic E-state index is 0.589. The molecule has 1 aromatic rings. The molecule has 0 saturated carbocycles. The van der Waals surface area contributed by atoms with Crippen LogP contribution in [0.1, 0.15) is 31.2 Å². The van der Waals surface area contributed by atoms with Crippen LogP contribution in [0.3, 0.4) is 0 Å². The number of piperidine rings is 1. The zero-order chi connectivity index (χ0) is 12.3. The van der Waals surface area contributed by atoms with E-state index in [1.54, 1.807) is 0 Å². The lowest BCUT2D eigenvalue weighted by molar-refractivity contribution is 0.441. The highest BCUT2D eigenvalue weighted by Crippen LogP contribution is 2.32. The van der Waals surface area contributed by atoms with Crippen LogP contribution >= 0.6 is 11.6 Å². The van der Waals surface area contributed by atoms with Crippen molar-refractivity contribution >= 4 is 17.3 Å². The van der Waals surface area contributed by atoms with Crippen LogP contribution < -0.4 is 10.6 Å². The van der Waals surface area contributed by atoms with Crippen LogP contribution in [0, 0.1) is 6.92 Å². The third kappa shape index (κ3) is 2.75. The summed E-state index contributed by atoms with van der Waals surface area (Å²) in [5.41, 5.74) is 8.20. The molecule has 1 fully saturated rings. The Bertz CT molecular complexity index is 376. The topological polar surface area (TPSA) is 29.3 Å². The molecule has 94 valence electrons. The molecule has 1 heterocycles. The second-order valence-corrected chi connectivity index (χ2v) is 5.21. The molecule has 0 aromatic heterocycles. The Balaban J connectivity index is 2.26. The molecule has 17 heavy (non-hydrogen) atoms. The smallest absolute Gasteiger partial charge is 0.0455 e. The zero-order valence-electron chi connectivity index (χ0n) is 10.5. The van der Waals surface area contributed by atoms with Crippen molar-refractivity contribution in [2.75, 3.05) is 18.0 Å². The summed E-state index contributed by atoms with van der Waals surface area (Å²) in [6.07, 6.45) is 4.92. The maximum absolute atomic E-state index is 6.21. The van der Waals surface area contributed by atoms with Gasteiger partial charge in [0.05, 0.1) is 0 Å². The van der Waals surface area contributed by atoms with Crippen LogP contribution in [0.5, 0.6) is 0 Å². The van der Waals surface area contributed by atoms with E-state index in [1.807, 2.05) is 12.1 Å². The van der Waals surface area contributed by atoms with E-state index in [1.165, 1.54) is 30.5 Å². The first-order chi connectivity index (χ1) is 8.24. The Hall–Kier alpha value is -0.730. The maximum Gasteiger partial charge on any atom is 0.0455 e. The number of hydrogen-bond donors (Lipinski definition) is 1. The van der Waals surface area contributed by atoms with Crippen molar-refractivity contribution in [2.24, 2.45) is 5.73 Å². The number of nitrogens with zero attached hydrogens (tertiary/aromatic N) is 1. The highest BCUT2D eigenvalue weighted by molar-refractivity contribution is 6.31. The van der Waals surface area contributed by atoms with E-state index in [0.717, 1.165) is 24.5 Å². The number of rotatable bonds is 3. The first-order valence-corrected chi connectivity index (χ1v) is 6.83. The molecule has 1 aliphatic heterocycles. The number of anilines is 1. The van der Waals surface area contributed by atoms with E-state index in [2.05, 4.69) is 17.9 Å². The van der Waals surface area contributed by atoms with Gasteiger partial charge in [0.2, 0.25) is 0 Å². The minimum absolute atomic E-state index is 0.589. The Morgan fingerprint density at radius 1 is 1.41 bits per heavy atom. The van der Waals surface area contributed by atoms with Crippen molar-refractivity contribution in [1.29, 1.82) is 0 Å². The molecule has 2 rings (SSSR count). The lowest BCUT2D eigenvalue weighted by Crippen LogP contribution is -2.41. The summed E-state index contributed by atoms with van der Waals surface area (Å²) in [5.74, 6) is 0. The largest absolute Gasteiger partial charge is 0.368 e. The summed E-state index contributed by atoms with van der Waals surface area (Å²) in [6, 6.07) is 6.77. The van der Waals surface area contributed by atoms with Gasteiger partial charge in [-0.1, -0.05) is 17.7 Å². The van der Waals surface area contributed by atoms with Gasteiger partial charge in [0, 0.05) is 23.3 Å². The predicted octanol–water partition coefficient (Wildman–Crippen LogP) is 3.36. The lowest BCUT2D eigenvalue weighted by atomic mass is 9.97. The quantitative estimate of drug-likeness (QED) is 0.894. The zero-order valence-corrected chi connectivity index (χ0v) is 11.2. The van der Waals surface area contributed by atoms with Crippen molar-refractivity contribution in [3.8, 4) is 0 Å². The molecule has 0 amide bonds. The fraction of sp³-hybridized carbons (Fsp3) is 0.571. The summed E-state index contributed by atoms with van der Waals surface area (Å²) in [4.78, 5) is 2.50. The van der Waals surface area contributed by atoms with Crippen molar-refractivity contribution in [3.63, 3.8) is 0 Å². The van der Waals surface area contributed by atoms with Gasteiger partial charge in [0.1, 0.15) is 0 Å². The van der Waals surface area contributed by atoms with E-state index in [0.29, 0.717) is 6.04 Å². The van der Waals surface area contributed by atoms with Gasteiger partial charge in [-0.15, -0.1) is 0 Å². The molecular formula is C14H21ClN2. The average Bonchev–Trinajstić information content (AvgIpc) is 2.34. The van der Waals surface area contributed by atoms with Gasteiger partial charge >= 0.3 is 0 Å². The van der Waals surface area contributed by atoms with Gasteiger partial charge < -0.3 is 10.6 Å². The van der Waals surface area contributed by atoms with Gasteiger partial charge in [-0.05, 0) is 56.8 Å². The Morgan fingerprint density at radius 3 is 3.00 bits per heavy atom. The molecule has 1 aliphatic rings. The minimum Gasteiger partial charge on any atom is -0.368 e. The van der Waals surface area contributed by atoms with Crippen LogP contribution in [-0.4, -0.2) is 19.1 Å². The van der Waals surface area contributed by atoms with Gasteiger partial charge in [-0.25, -0.2) is 0 Å². The van der Waals surface area contributed by atoms with Gasteiger partial charge in [0.15, 0.2) is 0 Å². The summed E-state index contributed by atoms with van der Waals surface area (Å²) < 4.78 is 0. The highest BCUT2D eigenvalue weighted by Gasteiger charge is 2.23. The fourth-order valence-electron chi connectivity index (χ4n) is 2.72. The number of halogens is 1. The van der Waals surface area contributed by atoms with Gasteiger partial charge in [-0.3, -0.25) is 0 Å². The van der Waals surface area contributed by atoms with Gasteiger partial charge in [-0.2, -0.15) is 0 Å². The van der Waals surface area contributed by atoms with Crippen molar-refractivity contribution in [3.05, 3.63) is 28.8 Å². The molecule has 0 bridgehead atoms. The number of benzene rings is 1. The van der Waals surface area contributed by atoms with E-state index in [4.69, 9.17) is 17.3 Å². The van der Waals surface area contributed by atoms with Crippen LogP contribution in [0.25, 0.3) is 0 Å². The van der Waals surface area contributed by atoms with E-state index >= 15 is 0 Å². The second-order valence-electron chi connectivity index (χ2n) is 4.80. The SMILES string of the molecule is Cc1c(Cl)cccc1N1CCCCC1CCN. The summed E-state index contributed by atoms with van der Waals surface area (Å²) >= 11 is 6.21. The average molecular weight is 253 g/mol. The first-order valence-electron chi connectivity index (χ1n) is 6.46. The standard InChI is InChI=1S/C14H21ClN2/c1-11-13(15)6-4-7-14(11)17-10-3-2-5-12(17)8-9-16/h4,6-7,12H,2-3,5,8-10,16H2,1H3. The van der Waals surface area contributed by atoms with Crippen molar-refractivity contribution in [1.82, 2.24) is 0 Å². The normalized spacial score (nSPS) is 20.6. The summed E-state index contributed by atoms with van der Waals surface area (Å²) in [7, 11) is 0. The molecular weight excluding hydrogens is 232 g/mol. The summed E-state index contributed by atoms with van der Waals surface area (Å²) in [5, 5.41) is 0.861. The van der Waals surface area contributed by atoms with Crippen LogP contribution in [0.15, 0.2) is 18.2 Å². The molecule has 0 spiro atoms. The third-order valence-corrected chi connectivity index (χ3v) is 4.09. The highest BCUT2D eigenvalue weighted by atomic mass is 35.5. The molecule has 0 radical (unpaired) electrons. The van der Waals surface area contributed by atoms with Crippen LogP contribution in [-0.2, 0) is 0 Å². The number of nitrogens with two attached hydrogens (primary N) is 1. The van der Waals surface area contributed by atoms with E-state index < -0.39 is 0 Å². The van der Waals surface area contributed by atoms with E-state index in [-0.39, 0.29) is 0 Å². The Labute approximate surface area is 109 Å². The maximum atomic E-state index is 6.21. The number of hydrogen-bond acceptors (Lipinski definition) is 2. The molecule has 1 atom stereocenters. The van der Waals surface area contributed by atoms with E-state index in [9.17, 15) is 0 Å². The lowest BCUT2D eigenvalue weighted by Gasteiger charge is -2.38. The molecule has 2 nitrogen and oxygen atoms in total. The fourth-order valence-corrected chi connectivity index (χ4v) is 2.89. The molecule has 1 saturated heterocycles. The first kappa shape index (κ1) is 12.7. The monoisotopic (exact) mass is 252 g/mol. The molecule has 3 heteroatoms. The van der Waals surface area contributed by atoms with Gasteiger partial charge in [0.25, 0.3) is 0 Å². The molecule has 1 unspecified atom stereocenters. The second kappa shape index (κ2) is 5.74. The third-order valence-electron chi connectivity index (χ3n) is 3.68. The van der Waals surface area contributed by atoms with Crippen LogP contribution in [0.2, 0.25) is 5.02 Å². The van der Waals surface area contributed by atoms with Crippen molar-refractivity contribution < 1.29 is 0 Å². The molecule has 2 N–H and O–H groups in total.